The van der Waals surface area contributed by atoms with Crippen LogP contribution in [0.5, 0.6) is 0 Å². The fourth-order valence-corrected chi connectivity index (χ4v) is 2.72. The van der Waals surface area contributed by atoms with E-state index in [1.165, 1.54) is 7.11 Å². The summed E-state index contributed by atoms with van der Waals surface area (Å²) in [6, 6.07) is 5.86. The van der Waals surface area contributed by atoms with Gasteiger partial charge < -0.3 is 15.4 Å². The minimum absolute atomic E-state index is 0.150. The van der Waals surface area contributed by atoms with Crippen LogP contribution in [0, 0.1) is 0 Å². The number of carbonyl (C=O) groups excluding carboxylic acids is 3. The first-order valence-corrected chi connectivity index (χ1v) is 7.95. The highest BCUT2D eigenvalue weighted by Gasteiger charge is 2.31. The molecule has 1 aliphatic heterocycles. The number of rotatable bonds is 5. The number of methoxy groups -OCH3 is 1. The Hall–Kier alpha value is -3.03. The van der Waals surface area contributed by atoms with Crippen LogP contribution in [0.15, 0.2) is 30.5 Å². The molecule has 2 heterocycles. The molecule has 0 unspecified atom stereocenters. The van der Waals surface area contributed by atoms with Crippen LogP contribution < -0.4 is 10.6 Å². The molecule has 1 aromatic heterocycles. The number of nitrogens with one attached hydrogen (secondary N) is 2. The van der Waals surface area contributed by atoms with E-state index in [0.29, 0.717) is 24.1 Å². The smallest absolute Gasteiger partial charge is 0.328 e. The van der Waals surface area contributed by atoms with Gasteiger partial charge in [0, 0.05) is 19.0 Å². The van der Waals surface area contributed by atoms with Crippen molar-refractivity contribution in [3.63, 3.8) is 0 Å². The van der Waals surface area contributed by atoms with Crippen LogP contribution in [-0.4, -0.2) is 46.9 Å². The molecule has 130 valence electrons. The van der Waals surface area contributed by atoms with Gasteiger partial charge >= 0.3 is 5.97 Å². The van der Waals surface area contributed by atoms with Crippen LogP contribution in [0.25, 0.3) is 11.0 Å². The van der Waals surface area contributed by atoms with Crippen LogP contribution in [0.3, 0.4) is 0 Å². The molecule has 0 radical (unpaired) electrons. The number of benzene rings is 1. The Bertz CT molecular complexity index is 823. The lowest BCUT2D eigenvalue weighted by Gasteiger charge is -2.18. The zero-order valence-corrected chi connectivity index (χ0v) is 13.7. The summed E-state index contributed by atoms with van der Waals surface area (Å²) in [6.07, 6.45) is 2.43. The third-order valence-corrected chi connectivity index (χ3v) is 4.03. The van der Waals surface area contributed by atoms with E-state index in [-0.39, 0.29) is 12.3 Å². The van der Waals surface area contributed by atoms with Gasteiger partial charge in [0.1, 0.15) is 12.1 Å². The van der Waals surface area contributed by atoms with Crippen LogP contribution in [0.2, 0.25) is 0 Å². The van der Waals surface area contributed by atoms with E-state index in [0.717, 1.165) is 5.52 Å². The molecule has 2 aromatic rings. The van der Waals surface area contributed by atoms with Gasteiger partial charge in [0.25, 0.3) is 0 Å². The molecule has 8 heteroatoms. The van der Waals surface area contributed by atoms with Crippen molar-refractivity contribution < 1.29 is 19.1 Å². The summed E-state index contributed by atoms with van der Waals surface area (Å²) in [7, 11) is 1.25. The number of para-hydroxylation sites is 2. The molecule has 0 spiro atoms. The van der Waals surface area contributed by atoms with E-state index in [1.807, 2.05) is 24.3 Å². The monoisotopic (exact) mass is 342 g/mol. The number of esters is 1. The summed E-state index contributed by atoms with van der Waals surface area (Å²) in [5.41, 5.74) is 2.02. The molecule has 0 aliphatic carbocycles. The molecule has 0 saturated carbocycles. The molecule has 1 saturated heterocycles. The van der Waals surface area contributed by atoms with Gasteiger partial charge in [-0.3, -0.25) is 14.6 Å². The van der Waals surface area contributed by atoms with Crippen LogP contribution >= 0.6 is 0 Å². The standard InChI is InChI=1S/C17H18N4O4/c1-25-17(24)14(21-16(23)13-6-7-15(22)20-13)8-10-9-18-11-4-2-3-5-12(11)19-10/h2-5,9,13-14H,6-8H2,1H3,(H,20,22)(H,21,23)/t13-,14+/m1/s1. The molecule has 25 heavy (non-hydrogen) atoms. The molecule has 2 atom stereocenters. The fourth-order valence-electron chi connectivity index (χ4n) is 2.72. The maximum absolute atomic E-state index is 12.3. The third-order valence-electron chi connectivity index (χ3n) is 4.03. The first-order valence-electron chi connectivity index (χ1n) is 7.95. The van der Waals surface area contributed by atoms with E-state index in [9.17, 15) is 14.4 Å². The third kappa shape index (κ3) is 3.90. The highest BCUT2D eigenvalue weighted by Crippen LogP contribution is 2.11. The van der Waals surface area contributed by atoms with Gasteiger partial charge in [0.05, 0.1) is 23.8 Å². The van der Waals surface area contributed by atoms with E-state index < -0.39 is 24.0 Å². The Kier molecular flexibility index (Phi) is 4.87. The first kappa shape index (κ1) is 16.8. The second kappa shape index (κ2) is 7.25. The van der Waals surface area contributed by atoms with Crippen LogP contribution in [0.4, 0.5) is 0 Å². The minimum atomic E-state index is -0.898. The number of aromatic nitrogens is 2. The van der Waals surface area contributed by atoms with Crippen molar-refractivity contribution in [2.75, 3.05) is 7.11 Å². The zero-order valence-electron chi connectivity index (χ0n) is 13.7. The lowest BCUT2D eigenvalue weighted by atomic mass is 10.1. The van der Waals surface area contributed by atoms with Gasteiger partial charge in [0.15, 0.2) is 0 Å². The number of fused-ring (bicyclic) bond motifs is 1. The Labute approximate surface area is 144 Å². The van der Waals surface area contributed by atoms with Crippen molar-refractivity contribution in [2.45, 2.75) is 31.3 Å². The second-order valence-corrected chi connectivity index (χ2v) is 5.80. The SMILES string of the molecule is COC(=O)[C@H](Cc1cnc2ccccc2n1)NC(=O)[C@H]1CCC(=O)N1. The summed E-state index contributed by atoms with van der Waals surface area (Å²) < 4.78 is 4.77. The Morgan fingerprint density at radius 1 is 1.36 bits per heavy atom. The summed E-state index contributed by atoms with van der Waals surface area (Å²) >= 11 is 0. The Morgan fingerprint density at radius 3 is 2.80 bits per heavy atom. The summed E-state index contributed by atoms with van der Waals surface area (Å²) in [6.45, 7) is 0. The van der Waals surface area contributed by atoms with Crippen molar-refractivity contribution in [3.05, 3.63) is 36.2 Å². The Morgan fingerprint density at radius 2 is 2.12 bits per heavy atom. The van der Waals surface area contributed by atoms with Gasteiger partial charge in [-0.15, -0.1) is 0 Å². The lowest BCUT2D eigenvalue weighted by Crippen LogP contribution is -2.50. The molecule has 2 N–H and O–H groups in total. The number of amides is 2. The van der Waals surface area contributed by atoms with E-state index in [1.54, 1.807) is 6.20 Å². The molecule has 1 fully saturated rings. The van der Waals surface area contributed by atoms with Crippen molar-refractivity contribution in [3.8, 4) is 0 Å². The maximum atomic E-state index is 12.3. The number of carbonyl (C=O) groups is 3. The van der Waals surface area contributed by atoms with E-state index in [2.05, 4.69) is 20.6 Å². The molecule has 1 aliphatic rings. The Balaban J connectivity index is 1.74. The van der Waals surface area contributed by atoms with Crippen LogP contribution in [-0.2, 0) is 25.5 Å². The molecule has 3 rings (SSSR count). The van der Waals surface area contributed by atoms with Crippen molar-refractivity contribution >= 4 is 28.8 Å². The largest absolute Gasteiger partial charge is 0.467 e. The summed E-state index contributed by atoms with van der Waals surface area (Å²) in [5, 5.41) is 5.20. The number of ether oxygens (including phenoxy) is 1. The molecule has 2 amide bonds. The van der Waals surface area contributed by atoms with Gasteiger partial charge in [-0.2, -0.15) is 0 Å². The predicted molar refractivity (Wildman–Crippen MR) is 88.4 cm³/mol. The normalized spacial score (nSPS) is 17.8. The molecule has 1 aromatic carbocycles. The zero-order chi connectivity index (χ0) is 17.8. The molecular weight excluding hydrogens is 324 g/mol. The predicted octanol–water partition coefficient (Wildman–Crippen LogP) is 0.109. The number of nitrogens with zero attached hydrogens (tertiary/aromatic N) is 2. The second-order valence-electron chi connectivity index (χ2n) is 5.80. The molecule has 8 nitrogen and oxygen atoms in total. The first-order chi connectivity index (χ1) is 12.1. The maximum Gasteiger partial charge on any atom is 0.328 e. The molecular formula is C17H18N4O4. The van der Waals surface area contributed by atoms with E-state index >= 15 is 0 Å². The summed E-state index contributed by atoms with van der Waals surface area (Å²) in [5.74, 6) is -1.15. The molecule has 0 bridgehead atoms. The topological polar surface area (TPSA) is 110 Å². The van der Waals surface area contributed by atoms with Crippen molar-refractivity contribution in [1.29, 1.82) is 0 Å². The van der Waals surface area contributed by atoms with Crippen molar-refractivity contribution in [1.82, 2.24) is 20.6 Å². The fraction of sp³-hybridized carbons (Fsp3) is 0.353. The average Bonchev–Trinajstić information content (AvgIpc) is 3.07. The number of hydrogen-bond donors (Lipinski definition) is 2. The van der Waals surface area contributed by atoms with E-state index in [4.69, 9.17) is 4.74 Å². The van der Waals surface area contributed by atoms with Gasteiger partial charge in [0.2, 0.25) is 11.8 Å². The van der Waals surface area contributed by atoms with Crippen LogP contribution in [0.1, 0.15) is 18.5 Å². The average molecular weight is 342 g/mol. The van der Waals surface area contributed by atoms with Gasteiger partial charge in [-0.05, 0) is 18.6 Å². The van der Waals surface area contributed by atoms with Crippen molar-refractivity contribution in [2.24, 2.45) is 0 Å². The number of hydrogen-bond acceptors (Lipinski definition) is 6. The highest BCUT2D eigenvalue weighted by atomic mass is 16.5. The quantitative estimate of drug-likeness (QED) is 0.746. The summed E-state index contributed by atoms with van der Waals surface area (Å²) in [4.78, 5) is 44.3. The lowest BCUT2D eigenvalue weighted by molar-refractivity contribution is -0.145. The van der Waals surface area contributed by atoms with Gasteiger partial charge in [-0.25, -0.2) is 9.78 Å². The van der Waals surface area contributed by atoms with Gasteiger partial charge in [-0.1, -0.05) is 12.1 Å². The minimum Gasteiger partial charge on any atom is -0.467 e. The highest BCUT2D eigenvalue weighted by molar-refractivity contribution is 5.93.